The van der Waals surface area contributed by atoms with Gasteiger partial charge in [0.05, 0.1) is 5.56 Å². The molecule has 0 aliphatic heterocycles. The van der Waals surface area contributed by atoms with Gasteiger partial charge in [0.1, 0.15) is 18.1 Å². The van der Waals surface area contributed by atoms with Gasteiger partial charge in [0, 0.05) is 6.07 Å². The molecule has 2 rings (SSSR count). The molecule has 2 aromatic rings. The summed E-state index contributed by atoms with van der Waals surface area (Å²) >= 11 is 0. The summed E-state index contributed by atoms with van der Waals surface area (Å²) in [6.45, 7) is -0.203. The molecule has 0 spiro atoms. The lowest BCUT2D eigenvalue weighted by Gasteiger charge is -2.06. The van der Waals surface area contributed by atoms with E-state index in [1.807, 2.05) is 6.07 Å². The molecule has 1 N–H and O–H groups in total. The zero-order valence-corrected chi connectivity index (χ0v) is 9.29. The number of carbonyl (C=O) groups excluding carboxylic acids is 1. The number of nitrogens with zero attached hydrogens (tertiary/aromatic N) is 2. The van der Waals surface area contributed by atoms with E-state index in [0.717, 1.165) is 0 Å². The van der Waals surface area contributed by atoms with Crippen molar-refractivity contribution in [2.75, 3.05) is 11.9 Å². The molecule has 1 heterocycles. The molecule has 0 fully saturated rings. The van der Waals surface area contributed by atoms with Crippen LogP contribution in [0.5, 0.6) is 5.75 Å². The Balaban J connectivity index is 1.92. The second kappa shape index (κ2) is 5.50. The number of anilines is 1. The van der Waals surface area contributed by atoms with Crippen molar-refractivity contribution in [3.8, 4) is 11.8 Å². The molecule has 1 aromatic heterocycles. The minimum absolute atomic E-state index is 0.203. The first-order valence-electron chi connectivity index (χ1n) is 5.12. The number of amides is 1. The van der Waals surface area contributed by atoms with E-state index in [9.17, 15) is 4.79 Å². The van der Waals surface area contributed by atoms with E-state index in [1.165, 1.54) is 12.3 Å². The van der Waals surface area contributed by atoms with Gasteiger partial charge < -0.3 is 14.6 Å². The Kier molecular flexibility index (Phi) is 3.56. The third-order valence-corrected chi connectivity index (χ3v) is 2.07. The zero-order valence-electron chi connectivity index (χ0n) is 9.29. The zero-order chi connectivity index (χ0) is 12.8. The van der Waals surface area contributed by atoms with Crippen LogP contribution in [0.3, 0.4) is 0 Å². The van der Waals surface area contributed by atoms with Crippen LogP contribution in [-0.2, 0) is 4.79 Å². The van der Waals surface area contributed by atoms with Crippen LogP contribution in [0.25, 0.3) is 0 Å². The second-order valence-electron chi connectivity index (χ2n) is 3.33. The number of aromatic nitrogens is 1. The number of hydrogen-bond donors (Lipinski definition) is 1. The number of benzene rings is 1. The summed E-state index contributed by atoms with van der Waals surface area (Å²) in [4.78, 5) is 11.5. The van der Waals surface area contributed by atoms with Gasteiger partial charge in [-0.2, -0.15) is 5.26 Å². The maximum Gasteiger partial charge on any atom is 0.263 e. The lowest BCUT2D eigenvalue weighted by molar-refractivity contribution is -0.118. The quantitative estimate of drug-likeness (QED) is 0.880. The molecule has 0 atom stereocenters. The molecule has 1 amide bonds. The van der Waals surface area contributed by atoms with E-state index in [-0.39, 0.29) is 12.5 Å². The van der Waals surface area contributed by atoms with Gasteiger partial charge in [0.25, 0.3) is 5.91 Å². The highest BCUT2D eigenvalue weighted by atomic mass is 16.5. The highest BCUT2D eigenvalue weighted by Crippen LogP contribution is 2.16. The molecule has 18 heavy (non-hydrogen) atoms. The Morgan fingerprint density at radius 3 is 3.00 bits per heavy atom. The summed E-state index contributed by atoms with van der Waals surface area (Å²) in [6, 6.07) is 10.2. The fourth-order valence-electron chi connectivity index (χ4n) is 1.28. The molecule has 1 aromatic carbocycles. The van der Waals surface area contributed by atoms with Crippen LogP contribution in [0.1, 0.15) is 5.56 Å². The lowest BCUT2D eigenvalue weighted by Crippen LogP contribution is -2.20. The van der Waals surface area contributed by atoms with Gasteiger partial charge in [-0.1, -0.05) is 17.3 Å². The number of rotatable bonds is 4. The van der Waals surface area contributed by atoms with Crippen molar-refractivity contribution in [3.63, 3.8) is 0 Å². The van der Waals surface area contributed by atoms with Crippen LogP contribution in [0, 0.1) is 11.3 Å². The summed E-state index contributed by atoms with van der Waals surface area (Å²) < 4.78 is 9.81. The normalized spacial score (nSPS) is 9.50. The Bertz CT molecular complexity index is 573. The summed E-state index contributed by atoms with van der Waals surface area (Å²) in [5, 5.41) is 14.8. The maximum atomic E-state index is 11.5. The van der Waals surface area contributed by atoms with Crippen molar-refractivity contribution >= 4 is 11.7 Å². The molecular formula is C12H9N3O3. The van der Waals surface area contributed by atoms with Crippen molar-refractivity contribution in [2.45, 2.75) is 0 Å². The average molecular weight is 243 g/mol. The molecule has 0 unspecified atom stereocenters. The first-order valence-corrected chi connectivity index (χ1v) is 5.12. The smallest absolute Gasteiger partial charge is 0.263 e. The van der Waals surface area contributed by atoms with Crippen LogP contribution in [-0.4, -0.2) is 17.7 Å². The molecule has 90 valence electrons. The SMILES string of the molecule is N#Cc1ccccc1OCC(=O)Nc1ccon1. The van der Waals surface area contributed by atoms with Gasteiger partial charge in [0.15, 0.2) is 12.4 Å². The summed E-state index contributed by atoms with van der Waals surface area (Å²) in [5.41, 5.74) is 0.381. The monoisotopic (exact) mass is 243 g/mol. The summed E-state index contributed by atoms with van der Waals surface area (Å²) in [6.07, 6.45) is 1.35. The third kappa shape index (κ3) is 2.86. The molecule has 0 aliphatic carbocycles. The molecule has 0 saturated carbocycles. The predicted molar refractivity (Wildman–Crippen MR) is 61.8 cm³/mol. The fourth-order valence-corrected chi connectivity index (χ4v) is 1.28. The van der Waals surface area contributed by atoms with E-state index in [2.05, 4.69) is 15.0 Å². The van der Waals surface area contributed by atoms with Gasteiger partial charge in [-0.05, 0) is 12.1 Å². The van der Waals surface area contributed by atoms with Crippen molar-refractivity contribution in [1.82, 2.24) is 5.16 Å². The van der Waals surface area contributed by atoms with Gasteiger partial charge in [-0.3, -0.25) is 4.79 Å². The Labute approximate surface area is 103 Å². The van der Waals surface area contributed by atoms with Crippen LogP contribution in [0.4, 0.5) is 5.82 Å². The van der Waals surface area contributed by atoms with E-state index < -0.39 is 0 Å². The van der Waals surface area contributed by atoms with Gasteiger partial charge in [-0.25, -0.2) is 0 Å². The van der Waals surface area contributed by atoms with Crippen molar-refractivity contribution < 1.29 is 14.1 Å². The number of nitriles is 1. The number of carbonyl (C=O) groups is 1. The van der Waals surface area contributed by atoms with Crippen molar-refractivity contribution in [2.24, 2.45) is 0 Å². The molecule has 0 bridgehead atoms. The van der Waals surface area contributed by atoms with Crippen molar-refractivity contribution in [1.29, 1.82) is 5.26 Å². The molecule has 6 nitrogen and oxygen atoms in total. The highest BCUT2D eigenvalue weighted by molar-refractivity contribution is 5.90. The van der Waals surface area contributed by atoms with Gasteiger partial charge in [-0.15, -0.1) is 0 Å². The molecule has 0 saturated heterocycles. The number of para-hydroxylation sites is 1. The van der Waals surface area contributed by atoms with Crippen LogP contribution in [0.15, 0.2) is 41.1 Å². The molecule has 6 heteroatoms. The molecule has 0 aliphatic rings. The Hall–Kier alpha value is -2.81. The van der Waals surface area contributed by atoms with Gasteiger partial charge >= 0.3 is 0 Å². The third-order valence-electron chi connectivity index (χ3n) is 2.07. The highest BCUT2D eigenvalue weighted by Gasteiger charge is 2.07. The predicted octanol–water partition coefficient (Wildman–Crippen LogP) is 1.56. The van der Waals surface area contributed by atoms with Crippen LogP contribution < -0.4 is 10.1 Å². The molecular weight excluding hydrogens is 234 g/mol. The van der Waals surface area contributed by atoms with Gasteiger partial charge in [0.2, 0.25) is 0 Å². The van der Waals surface area contributed by atoms with Crippen LogP contribution >= 0.6 is 0 Å². The van der Waals surface area contributed by atoms with E-state index in [1.54, 1.807) is 24.3 Å². The van der Waals surface area contributed by atoms with E-state index in [4.69, 9.17) is 10.00 Å². The van der Waals surface area contributed by atoms with E-state index in [0.29, 0.717) is 17.1 Å². The number of nitrogens with one attached hydrogen (secondary N) is 1. The maximum absolute atomic E-state index is 11.5. The Morgan fingerprint density at radius 1 is 1.44 bits per heavy atom. The largest absolute Gasteiger partial charge is 0.482 e. The molecule has 0 radical (unpaired) electrons. The lowest BCUT2D eigenvalue weighted by atomic mass is 10.2. The minimum atomic E-state index is -0.378. The van der Waals surface area contributed by atoms with Crippen LogP contribution in [0.2, 0.25) is 0 Å². The van der Waals surface area contributed by atoms with Crippen molar-refractivity contribution in [3.05, 3.63) is 42.2 Å². The minimum Gasteiger partial charge on any atom is -0.482 e. The first-order chi connectivity index (χ1) is 8.79. The fraction of sp³-hybridized carbons (Fsp3) is 0.0833. The number of hydrogen-bond acceptors (Lipinski definition) is 5. The second-order valence-corrected chi connectivity index (χ2v) is 3.33. The average Bonchev–Trinajstić information content (AvgIpc) is 2.89. The number of ether oxygens (including phenoxy) is 1. The first kappa shape index (κ1) is 11.7. The Morgan fingerprint density at radius 2 is 2.28 bits per heavy atom. The standard InChI is InChI=1S/C12H9N3O3/c13-7-9-3-1-2-4-10(9)17-8-12(16)14-11-5-6-18-15-11/h1-6H,8H2,(H,14,15,16). The summed E-state index contributed by atoms with van der Waals surface area (Å²) in [5.74, 6) is 0.309. The summed E-state index contributed by atoms with van der Waals surface area (Å²) in [7, 11) is 0. The van der Waals surface area contributed by atoms with E-state index >= 15 is 0 Å². The topological polar surface area (TPSA) is 88.1 Å².